The molecule has 36 heavy (non-hydrogen) atoms. The molecule has 0 aromatic carbocycles. The summed E-state index contributed by atoms with van der Waals surface area (Å²) in [6.45, 7) is 0.608. The van der Waals surface area contributed by atoms with Crippen molar-refractivity contribution in [2.45, 2.75) is 62.5 Å². The number of aromatic amines is 1. The lowest BCUT2D eigenvalue weighted by atomic mass is 10.0. The Balaban J connectivity index is 1.59. The second kappa shape index (κ2) is 11.5. The number of nitrogens with zero attached hydrogens (tertiary/aromatic N) is 1. The number of alkyl halides is 1. The van der Waals surface area contributed by atoms with Crippen molar-refractivity contribution in [3.8, 4) is 0 Å². The molecule has 0 radical (unpaired) electrons. The quantitative estimate of drug-likeness (QED) is 0.115. The van der Waals surface area contributed by atoms with Crippen molar-refractivity contribution < 1.29 is 62.2 Å². The zero-order valence-electron chi connectivity index (χ0n) is 18.4. The smallest absolute Gasteiger partial charge is 0.390 e. The molecule has 2 fully saturated rings. The number of phosphoric ester groups is 2. The Labute approximate surface area is 210 Å². The Morgan fingerprint density at radius 2 is 1.75 bits per heavy atom. The summed E-state index contributed by atoms with van der Waals surface area (Å²) in [4.78, 5) is 45.3. The molecule has 1 aromatic rings. The van der Waals surface area contributed by atoms with Crippen LogP contribution in [0.3, 0.4) is 0 Å². The van der Waals surface area contributed by atoms with Crippen molar-refractivity contribution in [2.75, 3.05) is 11.9 Å². The van der Waals surface area contributed by atoms with Gasteiger partial charge in [-0.3, -0.25) is 23.4 Å². The molecule has 206 valence electrons. The second-order valence-corrected chi connectivity index (χ2v) is 11.6. The zero-order chi connectivity index (χ0) is 27.0. The monoisotopic (exact) mass is 626 g/mol. The molecular formula is C16H25BrN2O15P2. The Hall–Kier alpha value is -0.820. The van der Waals surface area contributed by atoms with Crippen LogP contribution in [-0.4, -0.2) is 94.6 Å². The van der Waals surface area contributed by atoms with Gasteiger partial charge in [-0.25, -0.2) is 13.9 Å². The summed E-state index contributed by atoms with van der Waals surface area (Å²) < 4.78 is 49.3. The highest BCUT2D eigenvalue weighted by Crippen LogP contribution is 2.61. The van der Waals surface area contributed by atoms with E-state index in [0.717, 1.165) is 4.57 Å². The van der Waals surface area contributed by atoms with Gasteiger partial charge < -0.3 is 39.7 Å². The standard InChI is InChI=1S/C16H25BrN2O15P2/c1-6-4-19(16(25)18-14(6)24)10-2-7(20)9(31-10)5-30-35(26,27)34-36(28,29)33-15-13(23)12(22)11(21)8(3-17)32-15/h4,7-13,15,20-23H,2-3,5H2,1H3,(H,26,27)(H,28,29)(H,18,24,25)/t7-,8+,9+,10+,11+,12-,13+,15+/m0/s1. The molecule has 20 heteroatoms. The predicted octanol–water partition coefficient (Wildman–Crippen LogP) is -2.05. The van der Waals surface area contributed by atoms with E-state index in [4.69, 9.17) is 9.47 Å². The summed E-state index contributed by atoms with van der Waals surface area (Å²) in [7, 11) is -10.8. The number of hydrogen-bond acceptors (Lipinski definition) is 13. The van der Waals surface area contributed by atoms with Crippen LogP contribution in [0.5, 0.6) is 0 Å². The Bertz CT molecular complexity index is 1140. The fourth-order valence-electron chi connectivity index (χ4n) is 3.44. The average molecular weight is 627 g/mol. The molecule has 0 aliphatic carbocycles. The van der Waals surface area contributed by atoms with Crippen LogP contribution in [0.2, 0.25) is 0 Å². The first-order chi connectivity index (χ1) is 16.6. The molecule has 3 rings (SSSR count). The lowest BCUT2D eigenvalue weighted by Crippen LogP contribution is -2.58. The third kappa shape index (κ3) is 6.98. The SMILES string of the molecule is Cc1cn([C@H]2C[C@H](O)[C@@H](COP(=O)(O)OP(=O)(O)O[C@H]3O[C@H](CBr)[C@@H](O)[C@H](O)[C@H]3O)O2)c(=O)[nH]c1=O. The lowest BCUT2D eigenvalue weighted by Gasteiger charge is -2.39. The summed E-state index contributed by atoms with van der Waals surface area (Å²) in [6, 6.07) is 0. The molecule has 3 heterocycles. The molecule has 0 spiro atoms. The highest BCUT2D eigenvalue weighted by molar-refractivity contribution is 9.09. The van der Waals surface area contributed by atoms with Crippen molar-refractivity contribution in [1.29, 1.82) is 0 Å². The van der Waals surface area contributed by atoms with Gasteiger partial charge in [-0.15, -0.1) is 0 Å². The summed E-state index contributed by atoms with van der Waals surface area (Å²) in [5, 5.41) is 39.6. The minimum atomic E-state index is -5.47. The average Bonchev–Trinajstić information content (AvgIpc) is 3.14. The number of aryl methyl sites for hydroxylation is 1. The topological polar surface area (TPSA) is 257 Å². The third-order valence-electron chi connectivity index (χ3n) is 5.33. The van der Waals surface area contributed by atoms with Gasteiger partial charge in [-0.2, -0.15) is 4.31 Å². The first-order valence-electron chi connectivity index (χ1n) is 10.2. The van der Waals surface area contributed by atoms with E-state index in [1.165, 1.54) is 13.1 Å². The molecule has 2 unspecified atom stereocenters. The number of ether oxygens (including phenoxy) is 2. The Kier molecular flexibility index (Phi) is 9.51. The number of phosphoric acid groups is 2. The summed E-state index contributed by atoms with van der Waals surface area (Å²) in [5.74, 6) is 0. The van der Waals surface area contributed by atoms with E-state index in [9.17, 15) is 48.9 Å². The minimum absolute atomic E-state index is 0.0640. The number of H-pyrrole nitrogens is 1. The fourth-order valence-corrected chi connectivity index (χ4v) is 6.13. The number of aliphatic hydroxyl groups is 4. The fraction of sp³-hybridized carbons (Fsp3) is 0.750. The second-order valence-electron chi connectivity index (χ2n) is 8.00. The van der Waals surface area contributed by atoms with Crippen LogP contribution < -0.4 is 11.2 Å². The van der Waals surface area contributed by atoms with Crippen LogP contribution in [0.1, 0.15) is 18.2 Å². The van der Waals surface area contributed by atoms with Crippen LogP contribution in [0, 0.1) is 6.92 Å². The molecule has 0 amide bonds. The van der Waals surface area contributed by atoms with Crippen molar-refractivity contribution in [3.05, 3.63) is 32.6 Å². The third-order valence-corrected chi connectivity index (χ3v) is 8.56. The van der Waals surface area contributed by atoms with Gasteiger partial charge in [0.2, 0.25) is 0 Å². The van der Waals surface area contributed by atoms with Crippen LogP contribution in [0.4, 0.5) is 0 Å². The van der Waals surface area contributed by atoms with E-state index in [1.54, 1.807) is 0 Å². The van der Waals surface area contributed by atoms with Gasteiger partial charge in [0.15, 0.2) is 6.29 Å². The van der Waals surface area contributed by atoms with Gasteiger partial charge in [-0.1, -0.05) is 15.9 Å². The van der Waals surface area contributed by atoms with Crippen molar-refractivity contribution in [2.24, 2.45) is 0 Å². The van der Waals surface area contributed by atoms with E-state index in [1.807, 2.05) is 0 Å². The first kappa shape index (κ1) is 29.7. The molecule has 7 N–H and O–H groups in total. The largest absolute Gasteiger partial charge is 0.483 e. The van der Waals surface area contributed by atoms with Crippen LogP contribution in [-0.2, 0) is 32.0 Å². The van der Waals surface area contributed by atoms with Crippen molar-refractivity contribution in [3.63, 3.8) is 0 Å². The number of rotatable bonds is 9. The van der Waals surface area contributed by atoms with Crippen LogP contribution in [0.25, 0.3) is 0 Å². The molecular weight excluding hydrogens is 602 g/mol. The molecule has 2 aliphatic heterocycles. The van der Waals surface area contributed by atoms with Crippen LogP contribution in [0.15, 0.2) is 15.8 Å². The predicted molar refractivity (Wildman–Crippen MR) is 119 cm³/mol. The van der Waals surface area contributed by atoms with Crippen LogP contribution >= 0.6 is 31.6 Å². The maximum absolute atomic E-state index is 12.2. The van der Waals surface area contributed by atoms with E-state index in [-0.39, 0.29) is 17.3 Å². The number of aliphatic hydroxyl groups excluding tert-OH is 4. The molecule has 17 nitrogen and oxygen atoms in total. The van der Waals surface area contributed by atoms with Gasteiger partial charge >= 0.3 is 21.3 Å². The number of aromatic nitrogens is 2. The van der Waals surface area contributed by atoms with Gasteiger partial charge in [0, 0.05) is 23.5 Å². The molecule has 0 bridgehead atoms. The Morgan fingerprint density at radius 1 is 1.08 bits per heavy atom. The summed E-state index contributed by atoms with van der Waals surface area (Å²) in [5.41, 5.74) is -1.23. The highest BCUT2D eigenvalue weighted by Gasteiger charge is 2.48. The number of halogens is 1. The number of nitrogens with one attached hydrogen (secondary N) is 1. The molecule has 1 aromatic heterocycles. The molecule has 2 saturated heterocycles. The summed E-state index contributed by atoms with van der Waals surface area (Å²) in [6.07, 6.45) is -11.2. The van der Waals surface area contributed by atoms with E-state index < -0.39 is 82.6 Å². The van der Waals surface area contributed by atoms with Gasteiger partial charge in [0.05, 0.1) is 18.8 Å². The maximum atomic E-state index is 12.2. The van der Waals surface area contributed by atoms with Gasteiger partial charge in [0.25, 0.3) is 5.56 Å². The minimum Gasteiger partial charge on any atom is -0.390 e. The normalized spacial score (nSPS) is 36.3. The van der Waals surface area contributed by atoms with Crippen molar-refractivity contribution in [1.82, 2.24) is 9.55 Å². The molecule has 10 atom stereocenters. The van der Waals surface area contributed by atoms with Gasteiger partial charge in [0.1, 0.15) is 30.6 Å². The Morgan fingerprint density at radius 3 is 2.39 bits per heavy atom. The van der Waals surface area contributed by atoms with E-state index in [0.29, 0.717) is 0 Å². The highest BCUT2D eigenvalue weighted by atomic mass is 79.9. The lowest BCUT2D eigenvalue weighted by molar-refractivity contribution is -0.270. The molecule has 2 aliphatic rings. The van der Waals surface area contributed by atoms with E-state index >= 15 is 0 Å². The zero-order valence-corrected chi connectivity index (χ0v) is 21.8. The summed E-state index contributed by atoms with van der Waals surface area (Å²) >= 11 is 2.97. The molecule has 0 saturated carbocycles. The number of hydrogen-bond donors (Lipinski definition) is 7. The van der Waals surface area contributed by atoms with Gasteiger partial charge in [-0.05, 0) is 6.92 Å². The first-order valence-corrected chi connectivity index (χ1v) is 14.4. The van der Waals surface area contributed by atoms with E-state index in [2.05, 4.69) is 34.3 Å². The van der Waals surface area contributed by atoms with Crippen molar-refractivity contribution >= 4 is 31.6 Å². The maximum Gasteiger partial charge on any atom is 0.483 e.